The Morgan fingerprint density at radius 1 is 1.11 bits per heavy atom. The number of pyridine rings is 1. The number of rotatable bonds is 5. The van der Waals surface area contributed by atoms with E-state index in [1.54, 1.807) is 24.4 Å². The zero-order chi connectivity index (χ0) is 19.3. The maximum Gasteiger partial charge on any atom is 0.270 e. The quantitative estimate of drug-likeness (QED) is 0.728. The number of ether oxygens (including phenoxy) is 1. The summed E-state index contributed by atoms with van der Waals surface area (Å²) in [5.41, 5.74) is 1.17. The van der Waals surface area contributed by atoms with Crippen LogP contribution in [0.1, 0.15) is 22.0 Å². The predicted octanol–water partition coefficient (Wildman–Crippen LogP) is 1.50. The SMILES string of the molecule is O=C(NC(CN1CCOCC1)c1ccccc1)c1cnc2ccccn2c1=O. The van der Waals surface area contributed by atoms with E-state index in [0.717, 1.165) is 18.7 Å². The largest absolute Gasteiger partial charge is 0.379 e. The van der Waals surface area contributed by atoms with E-state index in [1.165, 1.54) is 10.6 Å². The van der Waals surface area contributed by atoms with Crippen LogP contribution in [0.15, 0.2) is 65.7 Å². The minimum atomic E-state index is -0.419. The summed E-state index contributed by atoms with van der Waals surface area (Å²) in [7, 11) is 0. The normalized spacial score (nSPS) is 16.0. The minimum Gasteiger partial charge on any atom is -0.379 e. The summed E-state index contributed by atoms with van der Waals surface area (Å²) in [6.45, 7) is 3.66. The molecule has 28 heavy (non-hydrogen) atoms. The Hall–Kier alpha value is -3.03. The van der Waals surface area contributed by atoms with Crippen LogP contribution in [0.3, 0.4) is 0 Å². The van der Waals surface area contributed by atoms with Crippen molar-refractivity contribution < 1.29 is 9.53 Å². The average molecular weight is 378 g/mol. The Bertz CT molecular complexity index is 1010. The van der Waals surface area contributed by atoms with E-state index in [-0.39, 0.29) is 17.2 Å². The molecule has 1 atom stereocenters. The van der Waals surface area contributed by atoms with Crippen LogP contribution < -0.4 is 10.9 Å². The first-order valence-corrected chi connectivity index (χ1v) is 9.35. The van der Waals surface area contributed by atoms with Crippen molar-refractivity contribution >= 4 is 11.6 Å². The Kier molecular flexibility index (Phi) is 5.45. The topological polar surface area (TPSA) is 75.9 Å². The molecule has 2 aromatic heterocycles. The van der Waals surface area contributed by atoms with E-state index in [4.69, 9.17) is 4.74 Å². The van der Waals surface area contributed by atoms with Gasteiger partial charge in [0.2, 0.25) is 0 Å². The molecule has 0 radical (unpaired) electrons. The van der Waals surface area contributed by atoms with Crippen molar-refractivity contribution in [3.63, 3.8) is 0 Å². The second-order valence-corrected chi connectivity index (χ2v) is 6.76. The second-order valence-electron chi connectivity index (χ2n) is 6.76. The smallest absolute Gasteiger partial charge is 0.270 e. The summed E-state index contributed by atoms with van der Waals surface area (Å²) in [5.74, 6) is -0.419. The summed E-state index contributed by atoms with van der Waals surface area (Å²) in [6.07, 6.45) is 2.97. The van der Waals surface area contributed by atoms with Gasteiger partial charge in [0, 0.05) is 32.0 Å². The molecular formula is C21H22N4O3. The molecule has 1 aliphatic heterocycles. The maximum absolute atomic E-state index is 12.9. The molecule has 1 aliphatic rings. The van der Waals surface area contributed by atoms with Gasteiger partial charge in [0.05, 0.1) is 19.3 Å². The summed E-state index contributed by atoms with van der Waals surface area (Å²) < 4.78 is 6.80. The highest BCUT2D eigenvalue weighted by atomic mass is 16.5. The van der Waals surface area contributed by atoms with Gasteiger partial charge in [-0.05, 0) is 17.7 Å². The highest BCUT2D eigenvalue weighted by Crippen LogP contribution is 2.16. The lowest BCUT2D eigenvalue weighted by atomic mass is 10.1. The highest BCUT2D eigenvalue weighted by Gasteiger charge is 2.22. The van der Waals surface area contributed by atoms with E-state index < -0.39 is 5.91 Å². The van der Waals surface area contributed by atoms with Gasteiger partial charge in [0.1, 0.15) is 11.2 Å². The first-order valence-electron chi connectivity index (χ1n) is 9.35. The number of nitrogens with one attached hydrogen (secondary N) is 1. The highest BCUT2D eigenvalue weighted by molar-refractivity contribution is 5.94. The molecule has 4 rings (SSSR count). The predicted molar refractivity (Wildman–Crippen MR) is 105 cm³/mol. The van der Waals surface area contributed by atoms with Crippen molar-refractivity contribution in [2.75, 3.05) is 32.8 Å². The Morgan fingerprint density at radius 2 is 1.86 bits per heavy atom. The van der Waals surface area contributed by atoms with Crippen LogP contribution in [-0.2, 0) is 4.74 Å². The van der Waals surface area contributed by atoms with Crippen molar-refractivity contribution in [3.05, 3.63) is 82.4 Å². The standard InChI is InChI=1S/C21H22N4O3/c26-20(17-14-22-19-8-4-5-9-25(19)21(17)27)23-18(16-6-2-1-3-7-16)15-24-10-12-28-13-11-24/h1-9,14,18H,10-13,15H2,(H,23,26). The lowest BCUT2D eigenvalue weighted by molar-refractivity contribution is 0.0332. The lowest BCUT2D eigenvalue weighted by Gasteiger charge is -2.31. The Labute approximate surface area is 162 Å². The molecule has 144 valence electrons. The first kappa shape index (κ1) is 18.3. The van der Waals surface area contributed by atoms with Gasteiger partial charge in [-0.3, -0.25) is 18.9 Å². The molecule has 1 unspecified atom stereocenters. The molecule has 0 bridgehead atoms. The van der Waals surface area contributed by atoms with Crippen LogP contribution in [0.2, 0.25) is 0 Å². The van der Waals surface area contributed by atoms with Crippen LogP contribution in [0.4, 0.5) is 0 Å². The van der Waals surface area contributed by atoms with E-state index >= 15 is 0 Å². The Morgan fingerprint density at radius 3 is 2.64 bits per heavy atom. The number of carbonyl (C=O) groups is 1. The van der Waals surface area contributed by atoms with Gasteiger partial charge >= 0.3 is 0 Å². The number of benzene rings is 1. The molecule has 0 spiro atoms. The number of amides is 1. The Balaban J connectivity index is 1.60. The fourth-order valence-electron chi connectivity index (χ4n) is 3.38. The van der Waals surface area contributed by atoms with E-state index in [1.807, 2.05) is 30.3 Å². The molecule has 1 fully saturated rings. The fourth-order valence-corrected chi connectivity index (χ4v) is 3.38. The maximum atomic E-state index is 12.9. The number of hydrogen-bond acceptors (Lipinski definition) is 5. The van der Waals surface area contributed by atoms with Gasteiger partial charge < -0.3 is 10.1 Å². The third-order valence-electron chi connectivity index (χ3n) is 4.91. The number of hydrogen-bond donors (Lipinski definition) is 1. The molecule has 1 N–H and O–H groups in total. The van der Waals surface area contributed by atoms with Gasteiger partial charge in [-0.15, -0.1) is 0 Å². The van der Waals surface area contributed by atoms with Crippen molar-refractivity contribution in [1.82, 2.24) is 19.6 Å². The van der Waals surface area contributed by atoms with Crippen molar-refractivity contribution in [3.8, 4) is 0 Å². The summed E-state index contributed by atoms with van der Waals surface area (Å²) in [4.78, 5) is 32.1. The third kappa shape index (κ3) is 3.95. The van der Waals surface area contributed by atoms with Crippen LogP contribution in [0.5, 0.6) is 0 Å². The van der Waals surface area contributed by atoms with Gasteiger partial charge in [-0.25, -0.2) is 4.98 Å². The molecule has 1 saturated heterocycles. The number of nitrogens with zero attached hydrogens (tertiary/aromatic N) is 3. The van der Waals surface area contributed by atoms with Crippen LogP contribution in [-0.4, -0.2) is 53.0 Å². The number of morpholine rings is 1. The van der Waals surface area contributed by atoms with Crippen LogP contribution in [0, 0.1) is 0 Å². The molecule has 3 aromatic rings. The zero-order valence-corrected chi connectivity index (χ0v) is 15.5. The summed E-state index contributed by atoms with van der Waals surface area (Å²) >= 11 is 0. The summed E-state index contributed by atoms with van der Waals surface area (Å²) in [6, 6.07) is 14.8. The third-order valence-corrected chi connectivity index (χ3v) is 4.91. The fraction of sp³-hybridized carbons (Fsp3) is 0.286. The van der Waals surface area contributed by atoms with Gasteiger partial charge in [0.15, 0.2) is 0 Å². The summed E-state index contributed by atoms with van der Waals surface area (Å²) in [5, 5.41) is 3.03. The van der Waals surface area contributed by atoms with Crippen LogP contribution >= 0.6 is 0 Å². The van der Waals surface area contributed by atoms with Gasteiger partial charge in [0.25, 0.3) is 11.5 Å². The molecule has 7 nitrogen and oxygen atoms in total. The molecule has 0 saturated carbocycles. The lowest BCUT2D eigenvalue weighted by Crippen LogP contribution is -2.44. The van der Waals surface area contributed by atoms with Gasteiger partial charge in [-0.2, -0.15) is 0 Å². The molecule has 0 aliphatic carbocycles. The van der Waals surface area contributed by atoms with E-state index in [9.17, 15) is 9.59 Å². The van der Waals surface area contributed by atoms with Crippen molar-refractivity contribution in [2.24, 2.45) is 0 Å². The molecular weight excluding hydrogens is 356 g/mol. The van der Waals surface area contributed by atoms with E-state index in [0.29, 0.717) is 25.4 Å². The first-order chi connectivity index (χ1) is 13.7. The van der Waals surface area contributed by atoms with Crippen LogP contribution in [0.25, 0.3) is 5.65 Å². The molecule has 1 aromatic carbocycles. The van der Waals surface area contributed by atoms with Crippen molar-refractivity contribution in [1.29, 1.82) is 0 Å². The molecule has 7 heteroatoms. The monoisotopic (exact) mass is 378 g/mol. The number of fused-ring (bicyclic) bond motifs is 1. The van der Waals surface area contributed by atoms with Gasteiger partial charge in [-0.1, -0.05) is 36.4 Å². The molecule has 3 heterocycles. The van der Waals surface area contributed by atoms with Crippen molar-refractivity contribution in [2.45, 2.75) is 6.04 Å². The van der Waals surface area contributed by atoms with E-state index in [2.05, 4.69) is 15.2 Å². The number of carbonyl (C=O) groups excluding carboxylic acids is 1. The zero-order valence-electron chi connectivity index (χ0n) is 15.5. The second kappa shape index (κ2) is 8.33. The number of aromatic nitrogens is 2. The average Bonchev–Trinajstić information content (AvgIpc) is 2.75. The molecule has 1 amide bonds. The minimum absolute atomic E-state index is 0.0339.